The van der Waals surface area contributed by atoms with Gasteiger partial charge in [-0.1, -0.05) is 12.1 Å². The number of carbonyl (C=O) groups is 1. The van der Waals surface area contributed by atoms with E-state index in [1.165, 1.54) is 11.8 Å². The number of para-hydroxylation sites is 1. The number of aromatic nitrogens is 1. The number of carboxylic acid groups (broad SMARTS) is 1. The van der Waals surface area contributed by atoms with E-state index >= 15 is 0 Å². The molecule has 1 aromatic heterocycles. The fourth-order valence-electron chi connectivity index (χ4n) is 2.38. The summed E-state index contributed by atoms with van der Waals surface area (Å²) >= 11 is 1.52. The van der Waals surface area contributed by atoms with E-state index < -0.39 is 11.6 Å². The largest absolute Gasteiger partial charge is 0.478 e. The van der Waals surface area contributed by atoms with E-state index in [1.54, 1.807) is 0 Å². The molecular weight excluding hydrogens is 274 g/mol. The predicted octanol–water partition coefficient (Wildman–Crippen LogP) is 3.34. The quantitative estimate of drug-likeness (QED) is 0.875. The van der Waals surface area contributed by atoms with Crippen LogP contribution in [0.4, 0.5) is 0 Å². The van der Waals surface area contributed by atoms with Crippen LogP contribution in [0.15, 0.2) is 35.4 Å². The van der Waals surface area contributed by atoms with Crippen LogP contribution in [0.1, 0.15) is 19.3 Å². The molecule has 0 bridgehead atoms. The van der Waals surface area contributed by atoms with Crippen LogP contribution < -0.4 is 4.74 Å². The molecule has 0 saturated heterocycles. The fraction of sp³-hybridized carbons (Fsp3) is 0.333. The Labute approximate surface area is 121 Å². The third-order valence-electron chi connectivity index (χ3n) is 3.72. The summed E-state index contributed by atoms with van der Waals surface area (Å²) in [5, 5.41) is 11.1. The van der Waals surface area contributed by atoms with Gasteiger partial charge in [-0.3, -0.25) is 0 Å². The first-order chi connectivity index (χ1) is 9.64. The lowest BCUT2D eigenvalue weighted by Gasteiger charge is -2.37. The van der Waals surface area contributed by atoms with Gasteiger partial charge in [0.05, 0.1) is 5.52 Å². The number of hydrogen-bond acceptors (Lipinski definition) is 4. The van der Waals surface area contributed by atoms with Gasteiger partial charge in [-0.2, -0.15) is 0 Å². The molecule has 1 N–H and O–H groups in total. The maximum absolute atomic E-state index is 11.5. The Morgan fingerprint density at radius 1 is 1.40 bits per heavy atom. The predicted molar refractivity (Wildman–Crippen MR) is 78.4 cm³/mol. The summed E-state index contributed by atoms with van der Waals surface area (Å²) in [5.74, 6) is -0.266. The fourth-order valence-corrected chi connectivity index (χ4v) is 2.79. The molecule has 0 amide bonds. The number of hydrogen-bond donors (Lipinski definition) is 1. The molecule has 0 spiro atoms. The highest BCUT2D eigenvalue weighted by Crippen LogP contribution is 2.39. The monoisotopic (exact) mass is 289 g/mol. The van der Waals surface area contributed by atoms with Crippen LogP contribution in [-0.4, -0.2) is 27.9 Å². The second-order valence-electron chi connectivity index (χ2n) is 4.93. The number of fused-ring (bicyclic) bond motifs is 1. The highest BCUT2D eigenvalue weighted by molar-refractivity contribution is 7.98. The first-order valence-corrected chi connectivity index (χ1v) is 7.73. The summed E-state index contributed by atoms with van der Waals surface area (Å²) in [6.45, 7) is 0. The Morgan fingerprint density at radius 2 is 2.15 bits per heavy atom. The molecule has 1 saturated carbocycles. The zero-order chi connectivity index (χ0) is 14.2. The van der Waals surface area contributed by atoms with Crippen molar-refractivity contribution in [1.29, 1.82) is 0 Å². The molecule has 1 aromatic carbocycles. The lowest BCUT2D eigenvalue weighted by atomic mass is 9.80. The smallest absolute Gasteiger partial charge is 0.348 e. The zero-order valence-corrected chi connectivity index (χ0v) is 11.9. The van der Waals surface area contributed by atoms with Crippen LogP contribution >= 0.6 is 11.8 Å². The summed E-state index contributed by atoms with van der Waals surface area (Å²) in [4.78, 5) is 16.0. The van der Waals surface area contributed by atoms with Gasteiger partial charge in [-0.25, -0.2) is 9.78 Å². The first kappa shape index (κ1) is 13.2. The van der Waals surface area contributed by atoms with Crippen molar-refractivity contribution in [1.82, 2.24) is 4.98 Å². The lowest BCUT2D eigenvalue weighted by Crippen LogP contribution is -2.50. The summed E-state index contributed by atoms with van der Waals surface area (Å²) in [5.41, 5.74) is -0.228. The Balaban J connectivity index is 2.08. The van der Waals surface area contributed by atoms with Crippen molar-refractivity contribution < 1.29 is 14.6 Å². The molecule has 0 aliphatic heterocycles. The average molecular weight is 289 g/mol. The maximum atomic E-state index is 11.5. The number of ether oxygens (including phenoxy) is 1. The molecule has 1 heterocycles. The van der Waals surface area contributed by atoms with Gasteiger partial charge in [0.25, 0.3) is 0 Å². The molecule has 1 aliphatic rings. The van der Waals surface area contributed by atoms with E-state index in [1.807, 2.05) is 36.6 Å². The van der Waals surface area contributed by atoms with Gasteiger partial charge in [-0.15, -0.1) is 11.8 Å². The van der Waals surface area contributed by atoms with E-state index in [9.17, 15) is 9.90 Å². The van der Waals surface area contributed by atoms with Crippen LogP contribution in [0.5, 0.6) is 5.75 Å². The van der Waals surface area contributed by atoms with Gasteiger partial charge in [0.2, 0.25) is 5.60 Å². The number of carboxylic acids is 1. The molecular formula is C15H15NO3S. The van der Waals surface area contributed by atoms with Crippen LogP contribution in [0, 0.1) is 0 Å². The van der Waals surface area contributed by atoms with E-state index in [0.717, 1.165) is 22.3 Å². The summed E-state index contributed by atoms with van der Waals surface area (Å²) in [7, 11) is 0. The highest BCUT2D eigenvalue weighted by atomic mass is 32.2. The van der Waals surface area contributed by atoms with Crippen LogP contribution in [0.3, 0.4) is 0 Å². The standard InChI is InChI=1S/C15H15NO3S/c1-20-13-9-12(10-5-2-3-6-11(10)16-13)19-15(14(17)18)7-4-8-15/h2-3,5-6,9H,4,7-8H2,1H3,(H,17,18). The Bertz CT molecular complexity index is 667. The van der Waals surface area contributed by atoms with Crippen molar-refractivity contribution in [3.8, 4) is 5.75 Å². The van der Waals surface area contributed by atoms with Crippen LogP contribution in [0.25, 0.3) is 10.9 Å². The SMILES string of the molecule is CSc1cc(OC2(C(=O)O)CCC2)c2ccccc2n1. The number of pyridine rings is 1. The topological polar surface area (TPSA) is 59.4 Å². The highest BCUT2D eigenvalue weighted by Gasteiger charge is 2.47. The molecule has 2 aromatic rings. The zero-order valence-electron chi connectivity index (χ0n) is 11.1. The van der Waals surface area contributed by atoms with Gasteiger partial charge >= 0.3 is 5.97 Å². The normalized spacial score (nSPS) is 16.6. The molecule has 1 aliphatic carbocycles. The number of rotatable bonds is 4. The van der Waals surface area contributed by atoms with Crippen molar-refractivity contribution in [3.63, 3.8) is 0 Å². The van der Waals surface area contributed by atoms with Gasteiger partial charge in [-0.05, 0) is 37.7 Å². The summed E-state index contributed by atoms with van der Waals surface area (Å²) < 4.78 is 5.90. The first-order valence-electron chi connectivity index (χ1n) is 6.51. The molecule has 104 valence electrons. The second-order valence-corrected chi connectivity index (χ2v) is 5.76. The third kappa shape index (κ3) is 2.12. The van der Waals surface area contributed by atoms with Crippen LogP contribution in [0.2, 0.25) is 0 Å². The number of thioether (sulfide) groups is 1. The van der Waals surface area contributed by atoms with E-state index in [4.69, 9.17) is 4.74 Å². The molecule has 4 nitrogen and oxygen atoms in total. The Kier molecular flexibility index (Phi) is 3.30. The van der Waals surface area contributed by atoms with Crippen molar-refractivity contribution >= 4 is 28.6 Å². The van der Waals surface area contributed by atoms with Gasteiger partial charge < -0.3 is 9.84 Å². The van der Waals surface area contributed by atoms with Crippen molar-refractivity contribution in [3.05, 3.63) is 30.3 Å². The van der Waals surface area contributed by atoms with Gasteiger partial charge in [0.1, 0.15) is 10.8 Å². The third-order valence-corrected chi connectivity index (χ3v) is 4.35. The minimum Gasteiger partial charge on any atom is -0.478 e. The molecule has 0 radical (unpaired) electrons. The minimum atomic E-state index is -1.06. The molecule has 1 fully saturated rings. The van der Waals surface area contributed by atoms with Crippen molar-refractivity contribution in [2.24, 2.45) is 0 Å². The summed E-state index contributed by atoms with van der Waals surface area (Å²) in [6.07, 6.45) is 3.96. The average Bonchev–Trinajstić information content (AvgIpc) is 2.41. The second kappa shape index (κ2) is 4.98. The minimum absolute atomic E-state index is 0.563. The van der Waals surface area contributed by atoms with Crippen molar-refractivity contribution in [2.45, 2.75) is 29.9 Å². The lowest BCUT2D eigenvalue weighted by molar-refractivity contribution is -0.163. The van der Waals surface area contributed by atoms with Crippen LogP contribution in [-0.2, 0) is 4.79 Å². The Morgan fingerprint density at radius 3 is 2.75 bits per heavy atom. The number of nitrogens with zero attached hydrogens (tertiary/aromatic N) is 1. The molecule has 20 heavy (non-hydrogen) atoms. The molecule has 3 rings (SSSR count). The summed E-state index contributed by atoms with van der Waals surface area (Å²) in [6, 6.07) is 9.48. The van der Waals surface area contributed by atoms with E-state index in [0.29, 0.717) is 18.6 Å². The maximum Gasteiger partial charge on any atom is 0.348 e. The van der Waals surface area contributed by atoms with E-state index in [-0.39, 0.29) is 0 Å². The van der Waals surface area contributed by atoms with Gasteiger partial charge in [0.15, 0.2) is 0 Å². The molecule has 0 unspecified atom stereocenters. The number of aliphatic carboxylic acids is 1. The van der Waals surface area contributed by atoms with Gasteiger partial charge in [0, 0.05) is 11.5 Å². The molecule has 5 heteroatoms. The van der Waals surface area contributed by atoms with Crippen molar-refractivity contribution in [2.75, 3.05) is 6.26 Å². The Hall–Kier alpha value is -1.75. The van der Waals surface area contributed by atoms with E-state index in [2.05, 4.69) is 4.98 Å². The number of benzene rings is 1. The molecule has 0 atom stereocenters.